The fraction of sp³-hybridized carbons (Fsp3) is 0.333. The van der Waals surface area contributed by atoms with Gasteiger partial charge < -0.3 is 9.69 Å². The van der Waals surface area contributed by atoms with Gasteiger partial charge in [-0.1, -0.05) is 17.4 Å². The summed E-state index contributed by atoms with van der Waals surface area (Å²) >= 11 is 0.202. The maximum absolute atomic E-state index is 12.3. The summed E-state index contributed by atoms with van der Waals surface area (Å²) in [6, 6.07) is -0.753. The number of carbonyl (C=O) groups is 2. The summed E-state index contributed by atoms with van der Waals surface area (Å²) in [5.74, 6) is 0. The molecule has 19 heavy (non-hydrogen) atoms. The molecule has 2 amide bonds. The molecule has 0 radical (unpaired) electrons. The lowest BCUT2D eigenvalue weighted by Crippen LogP contribution is -2.36. The molecule has 1 aromatic rings. The molecule has 0 saturated heterocycles. The van der Waals surface area contributed by atoms with Gasteiger partial charge >= 0.3 is 12.2 Å². The molecule has 1 heterocycles. The molecule has 1 aromatic heterocycles. The van der Waals surface area contributed by atoms with Gasteiger partial charge in [0.25, 0.3) is 0 Å². The number of aromatic nitrogens is 2. The Bertz CT molecular complexity index is 464. The molecule has 6 nitrogen and oxygen atoms in total. The lowest BCUT2D eigenvalue weighted by molar-refractivity contribution is -0.138. The van der Waals surface area contributed by atoms with Crippen LogP contribution >= 0.6 is 11.3 Å². The topological polar surface area (TPSA) is 75.2 Å². The molecule has 1 rings (SSSR count). The van der Waals surface area contributed by atoms with Gasteiger partial charge in [-0.05, 0) is 0 Å². The Morgan fingerprint density at radius 2 is 2.11 bits per heavy atom. The Labute approximate surface area is 109 Å². The molecule has 1 N–H and O–H groups in total. The lowest BCUT2D eigenvalue weighted by Gasteiger charge is -2.17. The average Bonchev–Trinajstić information content (AvgIpc) is 2.77. The van der Waals surface area contributed by atoms with Crippen LogP contribution in [0.25, 0.3) is 0 Å². The minimum Gasteiger partial charge on any atom is -0.314 e. The van der Waals surface area contributed by atoms with Crippen LogP contribution in [0.2, 0.25) is 0 Å². The second kappa shape index (κ2) is 6.27. The van der Waals surface area contributed by atoms with Crippen molar-refractivity contribution in [3.05, 3.63) is 17.7 Å². The first-order valence-corrected chi connectivity index (χ1v) is 5.71. The zero-order chi connectivity index (χ0) is 14.5. The third kappa shape index (κ3) is 4.32. The van der Waals surface area contributed by atoms with Crippen molar-refractivity contribution >= 4 is 28.8 Å². The van der Waals surface area contributed by atoms with E-state index in [1.54, 1.807) is 0 Å². The highest BCUT2D eigenvalue weighted by atomic mass is 32.1. The van der Waals surface area contributed by atoms with Crippen LogP contribution in [0.3, 0.4) is 0 Å². The predicted octanol–water partition coefficient (Wildman–Crippen LogP) is 1.78. The maximum Gasteiger partial charge on any atom is 0.445 e. The van der Waals surface area contributed by atoms with Gasteiger partial charge in [-0.2, -0.15) is 13.2 Å². The largest absolute Gasteiger partial charge is 0.445 e. The summed E-state index contributed by atoms with van der Waals surface area (Å²) in [5.41, 5.74) is 0. The van der Waals surface area contributed by atoms with E-state index in [1.807, 2.05) is 0 Å². The van der Waals surface area contributed by atoms with Gasteiger partial charge in [0.05, 0.1) is 6.54 Å². The van der Waals surface area contributed by atoms with Crippen LogP contribution in [-0.2, 0) is 11.0 Å². The van der Waals surface area contributed by atoms with Crippen molar-refractivity contribution in [3.63, 3.8) is 0 Å². The lowest BCUT2D eigenvalue weighted by atomic mass is 10.5. The second-order valence-electron chi connectivity index (χ2n) is 3.20. The van der Waals surface area contributed by atoms with Crippen molar-refractivity contribution in [1.82, 2.24) is 15.1 Å². The molecule has 0 aliphatic rings. The zero-order valence-corrected chi connectivity index (χ0v) is 10.3. The third-order valence-corrected chi connectivity index (χ3v) is 2.70. The fourth-order valence-corrected chi connectivity index (χ4v) is 1.65. The van der Waals surface area contributed by atoms with Crippen LogP contribution in [0.1, 0.15) is 5.01 Å². The minimum absolute atomic E-state index is 0.0789. The number of nitrogens with one attached hydrogen (secondary N) is 1. The van der Waals surface area contributed by atoms with Gasteiger partial charge in [0, 0.05) is 6.54 Å². The minimum atomic E-state index is -4.61. The third-order valence-electron chi connectivity index (χ3n) is 1.81. The number of anilines is 1. The van der Waals surface area contributed by atoms with Crippen molar-refractivity contribution < 1.29 is 22.8 Å². The molecule has 0 aliphatic heterocycles. The number of alkyl halides is 3. The highest BCUT2D eigenvalue weighted by molar-refractivity contribution is 7.15. The van der Waals surface area contributed by atoms with Crippen LogP contribution in [0.4, 0.5) is 23.1 Å². The van der Waals surface area contributed by atoms with Gasteiger partial charge in [0.2, 0.25) is 10.1 Å². The molecule has 0 aromatic carbocycles. The number of rotatable bonds is 5. The fourth-order valence-electron chi connectivity index (χ4n) is 1.04. The Kier molecular flexibility index (Phi) is 4.98. The van der Waals surface area contributed by atoms with Crippen LogP contribution in [0.5, 0.6) is 0 Å². The Hall–Kier alpha value is -1.97. The molecular formula is C9H9F3N4O2S. The second-order valence-corrected chi connectivity index (χ2v) is 4.18. The van der Waals surface area contributed by atoms with Gasteiger partial charge in [0.15, 0.2) is 0 Å². The highest BCUT2D eigenvalue weighted by Gasteiger charge is 2.35. The standard InChI is InChI=1S/C9H9F3N4O2S/c1-2-3-16(4-5-17)8(18)13-7-15-14-6(19-7)9(10,11)12/h2,5H,1,3-4H2,(H,13,15,18). The molecule has 0 saturated carbocycles. The highest BCUT2D eigenvalue weighted by Crippen LogP contribution is 2.32. The number of halogens is 3. The average molecular weight is 294 g/mol. The Balaban J connectivity index is 2.72. The van der Waals surface area contributed by atoms with Crippen LogP contribution < -0.4 is 5.32 Å². The summed E-state index contributed by atoms with van der Waals surface area (Å²) in [6.45, 7) is 3.27. The van der Waals surface area contributed by atoms with Gasteiger partial charge in [-0.25, -0.2) is 4.79 Å². The number of urea groups is 1. The summed E-state index contributed by atoms with van der Waals surface area (Å²) in [4.78, 5) is 23.0. The van der Waals surface area contributed by atoms with Crippen LogP contribution in [-0.4, -0.2) is 40.5 Å². The zero-order valence-electron chi connectivity index (χ0n) is 9.48. The number of hydrogen-bond acceptors (Lipinski definition) is 5. The van der Waals surface area contributed by atoms with Crippen molar-refractivity contribution in [3.8, 4) is 0 Å². The van der Waals surface area contributed by atoms with E-state index in [4.69, 9.17) is 0 Å². The Morgan fingerprint density at radius 1 is 1.42 bits per heavy atom. The number of carbonyl (C=O) groups excluding carboxylic acids is 2. The molecule has 0 fully saturated rings. The maximum atomic E-state index is 12.3. The summed E-state index contributed by atoms with van der Waals surface area (Å²) in [5, 5.41) is 6.79. The van der Waals surface area contributed by atoms with Gasteiger partial charge in [-0.3, -0.25) is 5.32 Å². The SMILES string of the molecule is C=CCN(CC=O)C(=O)Nc1nnc(C(F)(F)F)s1. The van der Waals surface area contributed by atoms with E-state index in [0.29, 0.717) is 6.29 Å². The molecule has 0 bridgehead atoms. The first-order valence-electron chi connectivity index (χ1n) is 4.89. The van der Waals surface area contributed by atoms with Gasteiger partial charge in [-0.15, -0.1) is 16.8 Å². The Morgan fingerprint density at radius 3 is 2.58 bits per heavy atom. The monoisotopic (exact) mass is 294 g/mol. The van der Waals surface area contributed by atoms with E-state index in [2.05, 4.69) is 22.1 Å². The molecule has 0 spiro atoms. The number of amides is 2. The molecular weight excluding hydrogens is 285 g/mol. The summed E-state index contributed by atoms with van der Waals surface area (Å²) in [6.07, 6.45) is -2.74. The molecule has 0 atom stereocenters. The summed E-state index contributed by atoms with van der Waals surface area (Å²) < 4.78 is 36.8. The summed E-state index contributed by atoms with van der Waals surface area (Å²) in [7, 11) is 0. The quantitative estimate of drug-likeness (QED) is 0.663. The first-order chi connectivity index (χ1) is 8.88. The number of hydrogen-bond donors (Lipinski definition) is 1. The number of aldehydes is 1. The van der Waals surface area contributed by atoms with E-state index < -0.39 is 17.2 Å². The van der Waals surface area contributed by atoms with E-state index in [1.165, 1.54) is 6.08 Å². The smallest absolute Gasteiger partial charge is 0.314 e. The van der Waals surface area contributed by atoms with Crippen molar-refractivity contribution in [1.29, 1.82) is 0 Å². The molecule has 0 unspecified atom stereocenters. The van der Waals surface area contributed by atoms with E-state index in [0.717, 1.165) is 4.90 Å². The van der Waals surface area contributed by atoms with Crippen LogP contribution in [0.15, 0.2) is 12.7 Å². The van der Waals surface area contributed by atoms with Crippen molar-refractivity contribution in [2.45, 2.75) is 6.18 Å². The van der Waals surface area contributed by atoms with E-state index >= 15 is 0 Å². The van der Waals surface area contributed by atoms with Crippen molar-refractivity contribution in [2.75, 3.05) is 18.4 Å². The van der Waals surface area contributed by atoms with Gasteiger partial charge in [0.1, 0.15) is 6.29 Å². The normalized spacial score (nSPS) is 10.9. The molecule has 0 aliphatic carbocycles. The van der Waals surface area contributed by atoms with Crippen LogP contribution in [0, 0.1) is 0 Å². The first kappa shape index (κ1) is 15.1. The van der Waals surface area contributed by atoms with E-state index in [-0.39, 0.29) is 29.6 Å². The predicted molar refractivity (Wildman–Crippen MR) is 61.8 cm³/mol. The van der Waals surface area contributed by atoms with E-state index in [9.17, 15) is 22.8 Å². The van der Waals surface area contributed by atoms with Crippen molar-refractivity contribution in [2.24, 2.45) is 0 Å². The number of nitrogens with zero attached hydrogens (tertiary/aromatic N) is 3. The molecule has 10 heteroatoms. The molecule has 104 valence electrons.